The van der Waals surface area contributed by atoms with Crippen molar-refractivity contribution >= 4 is 40.3 Å². The molecule has 1 aromatic heterocycles. The molecular weight excluding hydrogens is 323 g/mol. The SMILES string of the molecule is Cn1cc(I)cc1C(=O)N1CCSCC1. The molecular formula is C10H13IN2OS. The molecule has 0 unspecified atom stereocenters. The minimum atomic E-state index is 0.167. The molecule has 1 fully saturated rings. The maximum atomic E-state index is 12.1. The van der Waals surface area contributed by atoms with Crippen molar-refractivity contribution in [3.63, 3.8) is 0 Å². The molecule has 15 heavy (non-hydrogen) atoms. The number of rotatable bonds is 1. The number of thioether (sulfide) groups is 1. The van der Waals surface area contributed by atoms with E-state index in [1.165, 1.54) is 0 Å². The predicted octanol–water partition coefficient (Wildman–Crippen LogP) is 1.82. The number of hydrogen-bond acceptors (Lipinski definition) is 2. The Labute approximate surface area is 107 Å². The van der Waals surface area contributed by atoms with Crippen LogP contribution in [0.3, 0.4) is 0 Å². The van der Waals surface area contributed by atoms with Crippen molar-refractivity contribution in [2.24, 2.45) is 7.05 Å². The topological polar surface area (TPSA) is 25.2 Å². The van der Waals surface area contributed by atoms with Gasteiger partial charge in [0.2, 0.25) is 0 Å². The first kappa shape index (κ1) is 11.3. The van der Waals surface area contributed by atoms with Crippen LogP contribution in [0.2, 0.25) is 0 Å². The molecule has 0 N–H and O–H groups in total. The standard InChI is InChI=1S/C10H13IN2OS/c1-12-7-8(11)6-9(12)10(14)13-2-4-15-5-3-13/h6-7H,2-5H2,1H3. The Morgan fingerprint density at radius 3 is 2.67 bits per heavy atom. The van der Waals surface area contributed by atoms with Gasteiger partial charge < -0.3 is 9.47 Å². The summed E-state index contributed by atoms with van der Waals surface area (Å²) in [5, 5.41) is 0. The Balaban J connectivity index is 2.16. The molecule has 1 saturated heterocycles. The first-order valence-corrected chi connectivity index (χ1v) is 7.11. The van der Waals surface area contributed by atoms with E-state index in [9.17, 15) is 4.79 Å². The fourth-order valence-corrected chi connectivity index (χ4v) is 3.28. The Morgan fingerprint density at radius 2 is 2.13 bits per heavy atom. The maximum absolute atomic E-state index is 12.1. The van der Waals surface area contributed by atoms with Gasteiger partial charge in [0.15, 0.2) is 0 Å². The summed E-state index contributed by atoms with van der Waals surface area (Å²) >= 11 is 4.15. The fraction of sp³-hybridized carbons (Fsp3) is 0.500. The van der Waals surface area contributed by atoms with E-state index in [4.69, 9.17) is 0 Å². The lowest BCUT2D eigenvalue weighted by molar-refractivity contribution is 0.0763. The van der Waals surface area contributed by atoms with E-state index in [-0.39, 0.29) is 5.91 Å². The first-order chi connectivity index (χ1) is 7.18. The largest absolute Gasteiger partial charge is 0.346 e. The molecule has 0 radical (unpaired) electrons. The predicted molar refractivity (Wildman–Crippen MR) is 71.4 cm³/mol. The van der Waals surface area contributed by atoms with Crippen LogP contribution in [0.1, 0.15) is 10.5 Å². The van der Waals surface area contributed by atoms with Crippen LogP contribution in [-0.2, 0) is 7.05 Å². The molecule has 3 nitrogen and oxygen atoms in total. The number of carbonyl (C=O) groups excluding carboxylic acids is 1. The van der Waals surface area contributed by atoms with E-state index >= 15 is 0 Å². The molecule has 5 heteroatoms. The maximum Gasteiger partial charge on any atom is 0.270 e. The van der Waals surface area contributed by atoms with Crippen LogP contribution in [0.4, 0.5) is 0 Å². The lowest BCUT2D eigenvalue weighted by atomic mass is 10.3. The van der Waals surface area contributed by atoms with Crippen molar-refractivity contribution < 1.29 is 4.79 Å². The zero-order chi connectivity index (χ0) is 10.8. The molecule has 1 aliphatic rings. The Morgan fingerprint density at radius 1 is 1.47 bits per heavy atom. The summed E-state index contributed by atoms with van der Waals surface area (Å²) < 4.78 is 3.02. The van der Waals surface area contributed by atoms with E-state index in [0.29, 0.717) is 0 Å². The lowest BCUT2D eigenvalue weighted by Gasteiger charge is -2.26. The molecule has 0 atom stereocenters. The van der Waals surface area contributed by atoms with Crippen molar-refractivity contribution in [2.75, 3.05) is 24.6 Å². The average molecular weight is 336 g/mol. The van der Waals surface area contributed by atoms with Crippen molar-refractivity contribution in [2.45, 2.75) is 0 Å². The van der Waals surface area contributed by atoms with Crippen LogP contribution >= 0.6 is 34.4 Å². The van der Waals surface area contributed by atoms with Crippen molar-refractivity contribution in [1.82, 2.24) is 9.47 Å². The van der Waals surface area contributed by atoms with Crippen LogP contribution < -0.4 is 0 Å². The summed E-state index contributed by atoms with van der Waals surface area (Å²) in [5.41, 5.74) is 0.798. The third-order valence-corrected chi connectivity index (χ3v) is 4.02. The third-order valence-electron chi connectivity index (χ3n) is 2.49. The molecule has 0 saturated carbocycles. The molecule has 0 bridgehead atoms. The zero-order valence-electron chi connectivity index (χ0n) is 8.57. The number of aromatic nitrogens is 1. The highest BCUT2D eigenvalue weighted by molar-refractivity contribution is 14.1. The molecule has 1 amide bonds. The molecule has 0 aromatic carbocycles. The summed E-state index contributed by atoms with van der Waals surface area (Å²) in [6.07, 6.45) is 1.98. The quantitative estimate of drug-likeness (QED) is 0.731. The summed E-state index contributed by atoms with van der Waals surface area (Å²) in [4.78, 5) is 14.1. The second-order valence-corrected chi connectivity index (χ2v) is 6.03. The molecule has 2 heterocycles. The minimum Gasteiger partial charge on any atom is -0.346 e. The lowest BCUT2D eigenvalue weighted by Crippen LogP contribution is -2.38. The van der Waals surface area contributed by atoms with Gasteiger partial charge in [-0.25, -0.2) is 0 Å². The van der Waals surface area contributed by atoms with E-state index in [2.05, 4.69) is 22.6 Å². The Hall–Kier alpha value is -0.170. The highest BCUT2D eigenvalue weighted by Gasteiger charge is 2.20. The third kappa shape index (κ3) is 2.50. The van der Waals surface area contributed by atoms with Gasteiger partial charge >= 0.3 is 0 Å². The van der Waals surface area contributed by atoms with E-state index in [1.807, 2.05) is 40.5 Å². The molecule has 0 spiro atoms. The highest BCUT2D eigenvalue weighted by atomic mass is 127. The summed E-state index contributed by atoms with van der Waals surface area (Å²) in [5.74, 6) is 2.29. The molecule has 2 rings (SSSR count). The molecule has 1 aliphatic heterocycles. The van der Waals surface area contributed by atoms with Crippen molar-refractivity contribution in [3.05, 3.63) is 21.5 Å². The molecule has 82 valence electrons. The number of carbonyl (C=O) groups is 1. The van der Waals surface area contributed by atoms with Crippen molar-refractivity contribution in [3.8, 4) is 0 Å². The minimum absolute atomic E-state index is 0.167. The molecule has 1 aromatic rings. The van der Waals surface area contributed by atoms with Gasteiger partial charge in [0, 0.05) is 41.4 Å². The van der Waals surface area contributed by atoms with E-state index in [0.717, 1.165) is 33.9 Å². The second kappa shape index (κ2) is 4.78. The van der Waals surface area contributed by atoms with E-state index < -0.39 is 0 Å². The van der Waals surface area contributed by atoms with Gasteiger partial charge in [-0.2, -0.15) is 11.8 Å². The number of hydrogen-bond donors (Lipinski definition) is 0. The summed E-state index contributed by atoms with van der Waals surface area (Å²) in [7, 11) is 1.92. The van der Waals surface area contributed by atoms with Gasteiger partial charge in [0.05, 0.1) is 0 Å². The smallest absolute Gasteiger partial charge is 0.270 e. The molecule has 0 aliphatic carbocycles. The van der Waals surface area contributed by atoms with E-state index in [1.54, 1.807) is 0 Å². The van der Waals surface area contributed by atoms with Crippen LogP contribution in [0.25, 0.3) is 0 Å². The Bertz CT molecular complexity index is 371. The summed E-state index contributed by atoms with van der Waals surface area (Å²) in [6, 6.07) is 1.95. The fourth-order valence-electron chi connectivity index (χ4n) is 1.67. The number of amides is 1. The van der Waals surface area contributed by atoms with Gasteiger partial charge in [-0.3, -0.25) is 4.79 Å². The van der Waals surface area contributed by atoms with Gasteiger partial charge in [-0.05, 0) is 28.7 Å². The monoisotopic (exact) mass is 336 g/mol. The van der Waals surface area contributed by atoms with Crippen LogP contribution in [0.5, 0.6) is 0 Å². The second-order valence-electron chi connectivity index (χ2n) is 3.56. The number of aryl methyl sites for hydroxylation is 1. The summed E-state index contributed by atoms with van der Waals surface area (Å²) in [6.45, 7) is 1.76. The van der Waals surface area contributed by atoms with Gasteiger partial charge in [0.1, 0.15) is 5.69 Å². The van der Waals surface area contributed by atoms with Crippen LogP contribution in [0, 0.1) is 3.57 Å². The average Bonchev–Trinajstić information content (AvgIpc) is 2.58. The highest BCUT2D eigenvalue weighted by Crippen LogP contribution is 2.15. The van der Waals surface area contributed by atoms with Gasteiger partial charge in [0.25, 0.3) is 5.91 Å². The Kier molecular flexibility index (Phi) is 3.60. The van der Waals surface area contributed by atoms with Crippen LogP contribution in [0.15, 0.2) is 12.3 Å². The normalized spacial score (nSPS) is 16.8. The number of nitrogens with zero attached hydrogens (tertiary/aromatic N) is 2. The first-order valence-electron chi connectivity index (χ1n) is 4.87. The van der Waals surface area contributed by atoms with Gasteiger partial charge in [-0.15, -0.1) is 0 Å². The number of halogens is 1. The zero-order valence-corrected chi connectivity index (χ0v) is 11.5. The van der Waals surface area contributed by atoms with Crippen molar-refractivity contribution in [1.29, 1.82) is 0 Å². The van der Waals surface area contributed by atoms with Crippen LogP contribution in [-0.4, -0.2) is 40.0 Å². The van der Waals surface area contributed by atoms with Gasteiger partial charge in [-0.1, -0.05) is 0 Å².